The second-order valence-electron chi connectivity index (χ2n) is 6.88. The van der Waals surface area contributed by atoms with E-state index in [1.165, 1.54) is 6.92 Å². The Labute approximate surface area is 188 Å². The van der Waals surface area contributed by atoms with Crippen molar-refractivity contribution < 1.29 is 9.53 Å². The molecule has 3 aromatic rings. The summed E-state index contributed by atoms with van der Waals surface area (Å²) in [6.07, 6.45) is 1.52. The van der Waals surface area contributed by atoms with Gasteiger partial charge < -0.3 is 4.74 Å². The zero-order valence-electron chi connectivity index (χ0n) is 16.7. The van der Waals surface area contributed by atoms with Crippen LogP contribution in [0.2, 0.25) is 0 Å². The van der Waals surface area contributed by atoms with Gasteiger partial charge in [-0.05, 0) is 24.6 Å². The van der Waals surface area contributed by atoms with Crippen molar-refractivity contribution in [2.75, 3.05) is 10.7 Å². The molecule has 30 heavy (non-hydrogen) atoms. The number of hydrogen-bond acceptors (Lipinski definition) is 6. The third-order valence-corrected chi connectivity index (χ3v) is 6.19. The lowest BCUT2D eigenvalue weighted by atomic mass is 10.1. The van der Waals surface area contributed by atoms with Gasteiger partial charge in [-0.25, -0.2) is 0 Å². The number of carbonyl (C=O) groups is 1. The number of halogens is 1. The van der Waals surface area contributed by atoms with Crippen molar-refractivity contribution in [3.63, 3.8) is 0 Å². The number of aromatic nitrogens is 3. The van der Waals surface area contributed by atoms with Gasteiger partial charge in [-0.1, -0.05) is 71.4 Å². The summed E-state index contributed by atoms with van der Waals surface area (Å²) in [6, 6.07) is 15.3. The summed E-state index contributed by atoms with van der Waals surface area (Å²) in [5.74, 6) is 1.17. The maximum absolute atomic E-state index is 12.7. The number of benzene rings is 2. The largest absolute Gasteiger partial charge is 0.447 e. The average Bonchev–Trinajstić information content (AvgIpc) is 2.89. The molecule has 0 saturated heterocycles. The van der Waals surface area contributed by atoms with Gasteiger partial charge in [0.1, 0.15) is 0 Å². The quantitative estimate of drug-likeness (QED) is 0.344. The lowest BCUT2D eigenvalue weighted by molar-refractivity contribution is -0.118. The van der Waals surface area contributed by atoms with Crippen molar-refractivity contribution in [1.29, 1.82) is 0 Å². The van der Waals surface area contributed by atoms with Gasteiger partial charge in [-0.3, -0.25) is 9.69 Å². The Morgan fingerprint density at radius 3 is 2.67 bits per heavy atom. The number of para-hydroxylation sites is 1. The summed E-state index contributed by atoms with van der Waals surface area (Å²) in [4.78, 5) is 19.0. The molecule has 154 valence electrons. The number of fused-ring (bicyclic) bond motifs is 3. The van der Waals surface area contributed by atoms with Crippen LogP contribution < -0.4 is 9.64 Å². The Kier molecular flexibility index (Phi) is 6.34. The van der Waals surface area contributed by atoms with Gasteiger partial charge in [-0.2, -0.15) is 4.98 Å². The third-order valence-electron chi connectivity index (χ3n) is 4.74. The van der Waals surface area contributed by atoms with E-state index in [4.69, 9.17) is 4.74 Å². The molecular weight excluding hydrogens is 464 g/mol. The average molecular weight is 485 g/mol. The molecule has 2 heterocycles. The predicted molar refractivity (Wildman–Crippen MR) is 122 cm³/mol. The number of anilines is 1. The van der Waals surface area contributed by atoms with Gasteiger partial charge in [-0.15, -0.1) is 10.2 Å². The summed E-state index contributed by atoms with van der Waals surface area (Å²) in [5, 5.41) is 9.30. The standard InChI is InChI=1S/C22H21BrN4O2S/c1-3-4-13-30-22-24-20-19(25-26-22)17-7-5-6-8-18(17)27(14(2)28)21(29-20)15-9-11-16(23)12-10-15/h5-12,21H,3-4,13H2,1-2H3/t21-/m1/s1. The molecule has 1 amide bonds. The lowest BCUT2D eigenvalue weighted by Crippen LogP contribution is -2.36. The van der Waals surface area contributed by atoms with E-state index in [0.717, 1.165) is 39.9 Å². The number of nitrogens with zero attached hydrogens (tertiary/aromatic N) is 4. The molecule has 0 unspecified atom stereocenters. The van der Waals surface area contributed by atoms with Gasteiger partial charge in [0, 0.05) is 28.3 Å². The maximum atomic E-state index is 12.7. The van der Waals surface area contributed by atoms with Crippen molar-refractivity contribution in [2.24, 2.45) is 0 Å². The lowest BCUT2D eigenvalue weighted by Gasteiger charge is -2.29. The van der Waals surface area contributed by atoms with Crippen LogP contribution in [-0.2, 0) is 4.79 Å². The van der Waals surface area contributed by atoms with Gasteiger partial charge in [0.05, 0.1) is 5.69 Å². The van der Waals surface area contributed by atoms with Crippen LogP contribution in [0.25, 0.3) is 11.3 Å². The van der Waals surface area contributed by atoms with Crippen LogP contribution in [-0.4, -0.2) is 26.8 Å². The number of hydrogen-bond donors (Lipinski definition) is 0. The highest BCUT2D eigenvalue weighted by Gasteiger charge is 2.34. The van der Waals surface area contributed by atoms with Crippen LogP contribution in [0.15, 0.2) is 58.2 Å². The van der Waals surface area contributed by atoms with Crippen molar-refractivity contribution in [1.82, 2.24) is 15.2 Å². The molecule has 1 atom stereocenters. The summed E-state index contributed by atoms with van der Waals surface area (Å²) >= 11 is 5.03. The molecular formula is C22H21BrN4O2S. The van der Waals surface area contributed by atoms with E-state index in [-0.39, 0.29) is 5.91 Å². The number of carbonyl (C=O) groups excluding carboxylic acids is 1. The van der Waals surface area contributed by atoms with E-state index in [1.54, 1.807) is 16.7 Å². The summed E-state index contributed by atoms with van der Waals surface area (Å²) in [6.45, 7) is 3.68. The minimum Gasteiger partial charge on any atom is -0.447 e. The van der Waals surface area contributed by atoms with Crippen molar-refractivity contribution in [2.45, 2.75) is 38.1 Å². The first-order chi connectivity index (χ1) is 14.6. The Morgan fingerprint density at radius 1 is 1.17 bits per heavy atom. The SMILES string of the molecule is CCCCSc1nnc2c(n1)O[C@H](c1ccc(Br)cc1)N(C(C)=O)c1ccccc1-2. The minimum atomic E-state index is -0.664. The Hall–Kier alpha value is -2.45. The molecule has 4 rings (SSSR count). The number of rotatable bonds is 5. The van der Waals surface area contributed by atoms with E-state index >= 15 is 0 Å². The molecule has 8 heteroatoms. The van der Waals surface area contributed by atoms with Crippen molar-refractivity contribution in [3.05, 3.63) is 58.6 Å². The Balaban J connectivity index is 1.84. The predicted octanol–water partition coefficient (Wildman–Crippen LogP) is 5.64. The second kappa shape index (κ2) is 9.14. The molecule has 0 saturated carbocycles. The molecule has 0 spiro atoms. The van der Waals surface area contributed by atoms with E-state index in [2.05, 4.69) is 38.0 Å². The van der Waals surface area contributed by atoms with Crippen LogP contribution in [0.3, 0.4) is 0 Å². The number of unbranched alkanes of at least 4 members (excludes halogenated alkanes) is 1. The third kappa shape index (κ3) is 4.20. The fourth-order valence-electron chi connectivity index (χ4n) is 3.27. The van der Waals surface area contributed by atoms with Crippen LogP contribution >= 0.6 is 27.7 Å². The fraction of sp³-hybridized carbons (Fsp3) is 0.273. The molecule has 0 radical (unpaired) electrons. The first-order valence-electron chi connectivity index (χ1n) is 9.77. The molecule has 6 nitrogen and oxygen atoms in total. The zero-order valence-corrected chi connectivity index (χ0v) is 19.1. The van der Waals surface area contributed by atoms with Crippen LogP contribution in [0.4, 0.5) is 5.69 Å². The van der Waals surface area contributed by atoms with Crippen LogP contribution in [0, 0.1) is 0 Å². The highest BCUT2D eigenvalue weighted by atomic mass is 79.9. The number of ether oxygens (including phenoxy) is 1. The summed E-state index contributed by atoms with van der Waals surface area (Å²) < 4.78 is 7.30. The van der Waals surface area contributed by atoms with Gasteiger partial charge in [0.15, 0.2) is 5.69 Å². The van der Waals surface area contributed by atoms with Gasteiger partial charge >= 0.3 is 0 Å². The molecule has 0 aliphatic carbocycles. The van der Waals surface area contributed by atoms with E-state index in [1.807, 2.05) is 48.5 Å². The van der Waals surface area contributed by atoms with Crippen LogP contribution in [0.1, 0.15) is 38.5 Å². The van der Waals surface area contributed by atoms with E-state index in [0.29, 0.717) is 16.7 Å². The Morgan fingerprint density at radius 2 is 1.93 bits per heavy atom. The molecule has 2 aromatic carbocycles. The van der Waals surface area contributed by atoms with Crippen molar-refractivity contribution in [3.8, 4) is 17.1 Å². The maximum Gasteiger partial charge on any atom is 0.247 e. The highest BCUT2D eigenvalue weighted by molar-refractivity contribution is 9.10. The summed E-state index contributed by atoms with van der Waals surface area (Å²) in [7, 11) is 0. The molecule has 1 aliphatic heterocycles. The summed E-state index contributed by atoms with van der Waals surface area (Å²) in [5.41, 5.74) is 2.87. The first-order valence-corrected chi connectivity index (χ1v) is 11.5. The van der Waals surface area contributed by atoms with E-state index < -0.39 is 6.23 Å². The highest BCUT2D eigenvalue weighted by Crippen LogP contribution is 2.43. The van der Waals surface area contributed by atoms with E-state index in [9.17, 15) is 4.79 Å². The monoisotopic (exact) mass is 484 g/mol. The van der Waals surface area contributed by atoms with Crippen LogP contribution in [0.5, 0.6) is 5.88 Å². The minimum absolute atomic E-state index is 0.131. The normalized spacial score (nSPS) is 15.0. The first kappa shape index (κ1) is 20.8. The van der Waals surface area contributed by atoms with Gasteiger partial charge in [0.2, 0.25) is 23.2 Å². The van der Waals surface area contributed by atoms with Gasteiger partial charge in [0.25, 0.3) is 0 Å². The zero-order chi connectivity index (χ0) is 21.1. The molecule has 1 aromatic heterocycles. The smallest absolute Gasteiger partial charge is 0.247 e. The molecule has 0 fully saturated rings. The topological polar surface area (TPSA) is 68.2 Å². The van der Waals surface area contributed by atoms with Crippen molar-refractivity contribution >= 4 is 39.3 Å². The Bertz CT molecular complexity index is 1060. The second-order valence-corrected chi connectivity index (χ2v) is 8.86. The molecule has 1 aliphatic rings. The number of thioether (sulfide) groups is 1. The number of amides is 1. The molecule has 0 bridgehead atoms. The fourth-order valence-corrected chi connectivity index (χ4v) is 4.39. The molecule has 0 N–H and O–H groups in total.